The highest BCUT2D eigenvalue weighted by molar-refractivity contribution is 7.17. The summed E-state index contributed by atoms with van der Waals surface area (Å²) in [5.74, 6) is -0.485. The molecular formula is C19H17F2N3O2S. The number of amides is 2. The van der Waals surface area contributed by atoms with Crippen molar-refractivity contribution < 1.29 is 18.3 Å². The van der Waals surface area contributed by atoms with E-state index in [1.54, 1.807) is 18.2 Å². The molecule has 0 unspecified atom stereocenters. The molecule has 3 rings (SSSR count). The van der Waals surface area contributed by atoms with Gasteiger partial charge in [-0.25, -0.2) is 18.6 Å². The molecule has 5 nitrogen and oxygen atoms in total. The van der Waals surface area contributed by atoms with Crippen molar-refractivity contribution in [1.29, 1.82) is 0 Å². The van der Waals surface area contributed by atoms with Crippen LogP contribution in [0.25, 0.3) is 0 Å². The highest BCUT2D eigenvalue weighted by atomic mass is 32.1. The highest BCUT2D eigenvalue weighted by Gasteiger charge is 2.17. The van der Waals surface area contributed by atoms with Crippen molar-refractivity contribution in [2.45, 2.75) is 13.3 Å². The zero-order valence-electron chi connectivity index (χ0n) is 14.5. The van der Waals surface area contributed by atoms with Crippen molar-refractivity contribution in [2.75, 3.05) is 16.8 Å². The van der Waals surface area contributed by atoms with Gasteiger partial charge in [0.2, 0.25) is 5.06 Å². The number of carbonyl (C=O) groups excluding carboxylic acids is 1. The fourth-order valence-corrected chi connectivity index (χ4v) is 3.06. The van der Waals surface area contributed by atoms with Crippen LogP contribution in [-0.2, 0) is 0 Å². The molecule has 0 atom stereocenters. The predicted octanol–water partition coefficient (Wildman–Crippen LogP) is 5.66. The van der Waals surface area contributed by atoms with E-state index in [4.69, 9.17) is 4.74 Å². The molecular weight excluding hydrogens is 372 g/mol. The Balaban J connectivity index is 1.70. The highest BCUT2D eigenvalue weighted by Crippen LogP contribution is 2.31. The van der Waals surface area contributed by atoms with Crippen LogP contribution in [0.1, 0.15) is 13.3 Å². The van der Waals surface area contributed by atoms with Crippen LogP contribution in [-0.4, -0.2) is 17.6 Å². The van der Waals surface area contributed by atoms with Gasteiger partial charge in [-0.3, -0.25) is 10.2 Å². The maximum atomic E-state index is 13.5. The quantitative estimate of drug-likeness (QED) is 0.592. The van der Waals surface area contributed by atoms with Crippen molar-refractivity contribution in [3.8, 4) is 10.8 Å². The zero-order valence-corrected chi connectivity index (χ0v) is 15.3. The van der Waals surface area contributed by atoms with Crippen LogP contribution in [0, 0.1) is 11.6 Å². The number of nitrogens with one attached hydrogen (secondary N) is 1. The summed E-state index contributed by atoms with van der Waals surface area (Å²) in [4.78, 5) is 18.1. The number of anilines is 2. The third kappa shape index (κ3) is 5.01. The number of hydrogen-bond acceptors (Lipinski definition) is 4. The van der Waals surface area contributed by atoms with Gasteiger partial charge in [-0.05, 0) is 36.8 Å². The van der Waals surface area contributed by atoms with Gasteiger partial charge in [0.05, 0.1) is 6.20 Å². The summed E-state index contributed by atoms with van der Waals surface area (Å²) in [5.41, 5.74) is 0.460. The summed E-state index contributed by atoms with van der Waals surface area (Å²) in [6.07, 6.45) is 2.15. The molecule has 1 aromatic heterocycles. The second kappa shape index (κ2) is 8.59. The SMILES string of the molecule is CCCN(C(=O)Nc1ncc(Oc2cccc(F)c2)s1)c1cccc(F)c1. The standard InChI is InChI=1S/C19H17F2N3O2S/c1-2-9-24(15-7-3-5-13(20)10-15)19(25)23-18-22-12-17(27-18)26-16-8-4-6-14(21)11-16/h3-8,10-12H,2,9H2,1H3,(H,22,23,25). The predicted molar refractivity (Wildman–Crippen MR) is 102 cm³/mol. The lowest BCUT2D eigenvalue weighted by atomic mass is 10.2. The van der Waals surface area contributed by atoms with Gasteiger partial charge < -0.3 is 4.74 Å². The first-order valence-corrected chi connectivity index (χ1v) is 9.10. The van der Waals surface area contributed by atoms with E-state index in [2.05, 4.69) is 10.3 Å². The molecule has 0 aliphatic rings. The molecule has 0 fully saturated rings. The third-order valence-electron chi connectivity index (χ3n) is 3.53. The van der Waals surface area contributed by atoms with Gasteiger partial charge in [0.25, 0.3) is 0 Å². The largest absolute Gasteiger partial charge is 0.445 e. The number of nitrogens with zero attached hydrogens (tertiary/aromatic N) is 2. The van der Waals surface area contributed by atoms with E-state index in [9.17, 15) is 13.6 Å². The van der Waals surface area contributed by atoms with Crippen LogP contribution in [0.15, 0.2) is 54.7 Å². The Morgan fingerprint density at radius 1 is 1.19 bits per heavy atom. The van der Waals surface area contributed by atoms with Crippen molar-refractivity contribution in [2.24, 2.45) is 0 Å². The first-order valence-electron chi connectivity index (χ1n) is 8.28. The lowest BCUT2D eigenvalue weighted by Crippen LogP contribution is -2.35. The molecule has 0 aliphatic heterocycles. The summed E-state index contributed by atoms with van der Waals surface area (Å²) >= 11 is 1.11. The summed E-state index contributed by atoms with van der Waals surface area (Å²) in [5, 5.41) is 3.41. The van der Waals surface area contributed by atoms with E-state index in [1.165, 1.54) is 41.4 Å². The molecule has 3 aromatic rings. The van der Waals surface area contributed by atoms with Crippen molar-refractivity contribution in [3.05, 3.63) is 66.4 Å². The number of urea groups is 1. The minimum Gasteiger partial charge on any atom is -0.445 e. The lowest BCUT2D eigenvalue weighted by molar-refractivity contribution is 0.257. The number of hydrogen-bond donors (Lipinski definition) is 1. The molecule has 0 spiro atoms. The maximum Gasteiger partial charge on any atom is 0.328 e. The number of benzene rings is 2. The van der Waals surface area contributed by atoms with Gasteiger partial charge in [-0.1, -0.05) is 30.4 Å². The average Bonchev–Trinajstić information content (AvgIpc) is 3.06. The monoisotopic (exact) mass is 389 g/mol. The Morgan fingerprint density at radius 2 is 1.93 bits per heavy atom. The molecule has 0 radical (unpaired) electrons. The van der Waals surface area contributed by atoms with E-state index in [0.717, 1.165) is 11.3 Å². The van der Waals surface area contributed by atoms with Crippen molar-refractivity contribution >= 4 is 28.2 Å². The Bertz CT molecular complexity index is 933. The van der Waals surface area contributed by atoms with Gasteiger partial charge in [-0.15, -0.1) is 0 Å². The van der Waals surface area contributed by atoms with Crippen LogP contribution in [0.4, 0.5) is 24.4 Å². The van der Waals surface area contributed by atoms with Crippen LogP contribution in [0.5, 0.6) is 10.8 Å². The summed E-state index contributed by atoms with van der Waals surface area (Å²) in [7, 11) is 0. The van der Waals surface area contributed by atoms with E-state index in [1.807, 2.05) is 6.92 Å². The zero-order chi connectivity index (χ0) is 19.2. The first-order chi connectivity index (χ1) is 13.0. The molecule has 0 saturated heterocycles. The summed E-state index contributed by atoms with van der Waals surface area (Å²) < 4.78 is 32.2. The van der Waals surface area contributed by atoms with Gasteiger partial charge in [0.1, 0.15) is 17.4 Å². The maximum absolute atomic E-state index is 13.5. The second-order valence-corrected chi connectivity index (χ2v) is 6.60. The minimum absolute atomic E-state index is 0.323. The molecule has 2 amide bonds. The smallest absolute Gasteiger partial charge is 0.328 e. The fraction of sp³-hybridized carbons (Fsp3) is 0.158. The number of halogens is 2. The van der Waals surface area contributed by atoms with E-state index < -0.39 is 17.7 Å². The van der Waals surface area contributed by atoms with Crippen molar-refractivity contribution in [1.82, 2.24) is 4.98 Å². The lowest BCUT2D eigenvalue weighted by Gasteiger charge is -2.22. The minimum atomic E-state index is -0.422. The molecule has 1 N–H and O–H groups in total. The number of ether oxygens (including phenoxy) is 1. The fourth-order valence-electron chi connectivity index (χ4n) is 2.39. The number of thiazole rings is 1. The van der Waals surface area contributed by atoms with E-state index >= 15 is 0 Å². The first kappa shape index (κ1) is 18.8. The molecule has 140 valence electrons. The molecule has 0 bridgehead atoms. The number of aromatic nitrogens is 1. The molecule has 27 heavy (non-hydrogen) atoms. The van der Waals surface area contributed by atoms with Gasteiger partial charge in [0, 0.05) is 18.3 Å². The van der Waals surface area contributed by atoms with E-state index in [-0.39, 0.29) is 0 Å². The van der Waals surface area contributed by atoms with Crippen LogP contribution >= 0.6 is 11.3 Å². The molecule has 1 heterocycles. The second-order valence-electron chi connectivity index (χ2n) is 5.61. The average molecular weight is 389 g/mol. The normalized spacial score (nSPS) is 10.5. The van der Waals surface area contributed by atoms with Gasteiger partial charge >= 0.3 is 6.03 Å². The Labute approximate surface area is 159 Å². The van der Waals surface area contributed by atoms with Crippen LogP contribution in [0.2, 0.25) is 0 Å². The molecule has 0 aliphatic carbocycles. The van der Waals surface area contributed by atoms with Gasteiger partial charge in [0.15, 0.2) is 5.13 Å². The number of carbonyl (C=O) groups is 1. The molecule has 0 saturated carbocycles. The van der Waals surface area contributed by atoms with Crippen molar-refractivity contribution in [3.63, 3.8) is 0 Å². The molecule has 8 heteroatoms. The van der Waals surface area contributed by atoms with Gasteiger partial charge in [-0.2, -0.15) is 0 Å². The Morgan fingerprint density at radius 3 is 2.63 bits per heavy atom. The third-order valence-corrected chi connectivity index (χ3v) is 4.32. The van der Waals surface area contributed by atoms with E-state index in [0.29, 0.717) is 34.6 Å². The summed E-state index contributed by atoms with van der Waals surface area (Å²) in [6.45, 7) is 2.35. The Hall–Kier alpha value is -3.00. The Kier molecular flexibility index (Phi) is 5.97. The summed E-state index contributed by atoms with van der Waals surface area (Å²) in [6, 6.07) is 11.1. The molecule has 2 aromatic carbocycles. The topological polar surface area (TPSA) is 54.5 Å². The van der Waals surface area contributed by atoms with Crippen LogP contribution in [0.3, 0.4) is 0 Å². The number of rotatable bonds is 6. The van der Waals surface area contributed by atoms with Crippen LogP contribution < -0.4 is 15.0 Å².